The monoisotopic (exact) mass is 581 g/mol. The number of furan rings is 1. The molecule has 3 rings (SSSR count). The summed E-state index contributed by atoms with van der Waals surface area (Å²) in [7, 11) is 1.53. The maximum Gasteiger partial charge on any atom is 0.342 e. The van der Waals surface area contributed by atoms with Gasteiger partial charge in [-0.25, -0.2) is 9.78 Å². The van der Waals surface area contributed by atoms with Crippen LogP contribution in [0.5, 0.6) is 5.75 Å². The molecule has 0 saturated heterocycles. The number of methoxy groups -OCH3 is 1. The van der Waals surface area contributed by atoms with Crippen molar-refractivity contribution in [1.82, 2.24) is 15.2 Å². The van der Waals surface area contributed by atoms with Crippen LogP contribution in [0.2, 0.25) is 5.02 Å². The van der Waals surface area contributed by atoms with Crippen molar-refractivity contribution in [1.29, 1.82) is 0 Å². The molecule has 140 valence electrons. The lowest BCUT2D eigenvalue weighted by molar-refractivity contribution is -0.131. The number of carboxylic acids is 1. The number of aliphatic carboxylic acids is 1. The SMILES string of the molecule is COc1ccc(Cl)cc1-c1nc(S/C(=C\c2cc(Br)c(I)o2)C(=O)O)n[nH]1. The number of benzene rings is 1. The number of hydrogen-bond donors (Lipinski definition) is 2. The van der Waals surface area contributed by atoms with Crippen molar-refractivity contribution in [2.75, 3.05) is 7.11 Å². The minimum atomic E-state index is -1.12. The van der Waals surface area contributed by atoms with Crippen LogP contribution in [0.25, 0.3) is 17.5 Å². The van der Waals surface area contributed by atoms with Crippen molar-refractivity contribution in [2.24, 2.45) is 0 Å². The van der Waals surface area contributed by atoms with E-state index in [0.29, 0.717) is 31.7 Å². The number of nitrogens with one attached hydrogen (secondary N) is 1. The van der Waals surface area contributed by atoms with Crippen LogP contribution >= 0.6 is 61.9 Å². The van der Waals surface area contributed by atoms with Gasteiger partial charge in [-0.05, 0) is 52.0 Å². The molecule has 0 atom stereocenters. The largest absolute Gasteiger partial charge is 0.496 e. The van der Waals surface area contributed by atoms with Crippen molar-refractivity contribution in [3.8, 4) is 17.1 Å². The molecule has 0 aliphatic carbocycles. The number of aromatic amines is 1. The van der Waals surface area contributed by atoms with E-state index in [4.69, 9.17) is 20.8 Å². The number of nitrogens with zero attached hydrogens (tertiary/aromatic N) is 2. The van der Waals surface area contributed by atoms with Crippen LogP contribution in [0.4, 0.5) is 0 Å². The molecule has 0 unspecified atom stereocenters. The molecule has 0 bridgehead atoms. The van der Waals surface area contributed by atoms with Crippen LogP contribution in [0.3, 0.4) is 0 Å². The zero-order chi connectivity index (χ0) is 19.6. The fourth-order valence-corrected chi connectivity index (χ4v) is 3.65. The van der Waals surface area contributed by atoms with E-state index in [0.717, 1.165) is 16.2 Å². The van der Waals surface area contributed by atoms with Gasteiger partial charge in [0, 0.05) is 33.7 Å². The smallest absolute Gasteiger partial charge is 0.342 e. The highest BCUT2D eigenvalue weighted by atomic mass is 127. The maximum absolute atomic E-state index is 11.6. The lowest BCUT2D eigenvalue weighted by Crippen LogP contribution is -1.97. The van der Waals surface area contributed by atoms with Gasteiger partial charge in [0.05, 0.1) is 17.1 Å². The average molecular weight is 583 g/mol. The molecule has 2 aromatic heterocycles. The Labute approximate surface area is 184 Å². The Hall–Kier alpha value is -1.50. The summed E-state index contributed by atoms with van der Waals surface area (Å²) in [5, 5.41) is 17.1. The zero-order valence-electron chi connectivity index (χ0n) is 13.5. The van der Waals surface area contributed by atoms with Crippen molar-refractivity contribution >= 4 is 73.9 Å². The third kappa shape index (κ3) is 4.86. The number of H-pyrrole nitrogens is 1. The standard InChI is InChI=1S/C16H10BrClIN3O4S/c1-25-11-3-2-7(18)4-9(11)14-20-16(22-21-14)27-12(15(23)24)6-8-5-10(17)13(19)26-8/h2-6H,1H3,(H,23,24)(H,20,21,22)/b12-6-. The van der Waals surface area contributed by atoms with Gasteiger partial charge in [-0.1, -0.05) is 11.6 Å². The molecule has 0 radical (unpaired) electrons. The topological polar surface area (TPSA) is 101 Å². The van der Waals surface area contributed by atoms with Crippen LogP contribution in [-0.2, 0) is 4.79 Å². The van der Waals surface area contributed by atoms with Gasteiger partial charge in [-0.15, -0.1) is 5.10 Å². The van der Waals surface area contributed by atoms with Crippen molar-refractivity contribution in [3.05, 3.63) is 48.2 Å². The molecule has 0 amide bonds. The van der Waals surface area contributed by atoms with E-state index >= 15 is 0 Å². The number of ether oxygens (including phenoxy) is 1. The van der Waals surface area contributed by atoms with Gasteiger partial charge in [0.1, 0.15) is 16.4 Å². The second-order valence-electron chi connectivity index (χ2n) is 5.00. The summed E-state index contributed by atoms with van der Waals surface area (Å²) >= 11 is 12.3. The summed E-state index contributed by atoms with van der Waals surface area (Å²) in [6, 6.07) is 6.78. The molecule has 0 aliphatic heterocycles. The molecule has 3 aromatic rings. The number of halogens is 3. The highest BCUT2D eigenvalue weighted by Crippen LogP contribution is 2.33. The Kier molecular flexibility index (Phi) is 6.50. The van der Waals surface area contributed by atoms with Crippen molar-refractivity contribution in [2.45, 2.75) is 5.16 Å². The van der Waals surface area contributed by atoms with Gasteiger partial charge in [0.25, 0.3) is 0 Å². The van der Waals surface area contributed by atoms with Crippen molar-refractivity contribution < 1.29 is 19.1 Å². The maximum atomic E-state index is 11.6. The van der Waals surface area contributed by atoms with Gasteiger partial charge in [-0.3, -0.25) is 5.10 Å². The van der Waals surface area contributed by atoms with Gasteiger partial charge >= 0.3 is 5.97 Å². The molecule has 27 heavy (non-hydrogen) atoms. The van der Waals surface area contributed by atoms with E-state index in [1.165, 1.54) is 13.2 Å². The van der Waals surface area contributed by atoms with E-state index < -0.39 is 5.97 Å². The molecule has 1 aromatic carbocycles. The van der Waals surface area contributed by atoms with Gasteiger partial charge < -0.3 is 14.3 Å². The predicted molar refractivity (Wildman–Crippen MR) is 114 cm³/mol. The molecule has 0 spiro atoms. The molecule has 2 N–H and O–H groups in total. The van der Waals surface area contributed by atoms with Crippen LogP contribution in [0.1, 0.15) is 5.76 Å². The Morgan fingerprint density at radius 2 is 2.26 bits per heavy atom. The first-order valence-electron chi connectivity index (χ1n) is 7.21. The summed E-state index contributed by atoms with van der Waals surface area (Å²) in [4.78, 5) is 15.9. The first kappa shape index (κ1) is 20.2. The first-order chi connectivity index (χ1) is 12.9. The lowest BCUT2D eigenvalue weighted by Gasteiger charge is -2.05. The summed E-state index contributed by atoms with van der Waals surface area (Å²) in [5.74, 6) is 0.269. The minimum Gasteiger partial charge on any atom is -0.496 e. The van der Waals surface area contributed by atoms with Gasteiger partial charge in [-0.2, -0.15) is 0 Å². The highest BCUT2D eigenvalue weighted by Gasteiger charge is 2.17. The number of thioether (sulfide) groups is 1. The summed E-state index contributed by atoms with van der Waals surface area (Å²) in [6.45, 7) is 0. The molecule has 7 nitrogen and oxygen atoms in total. The lowest BCUT2D eigenvalue weighted by atomic mass is 10.2. The van der Waals surface area contributed by atoms with Crippen LogP contribution in [0.15, 0.2) is 43.2 Å². The third-order valence-electron chi connectivity index (χ3n) is 3.23. The number of hydrogen-bond acceptors (Lipinski definition) is 6. The normalized spacial score (nSPS) is 11.6. The second kappa shape index (κ2) is 8.67. The summed E-state index contributed by atoms with van der Waals surface area (Å²) in [5.41, 5.74) is 0.620. The molecule has 0 saturated carbocycles. The van der Waals surface area contributed by atoms with Crippen LogP contribution < -0.4 is 4.74 Å². The van der Waals surface area contributed by atoms with E-state index in [1.54, 1.807) is 24.3 Å². The Bertz CT molecular complexity index is 1020. The number of rotatable bonds is 6. The molecule has 0 fully saturated rings. The highest BCUT2D eigenvalue weighted by molar-refractivity contribution is 14.1. The first-order valence-corrected chi connectivity index (χ1v) is 10.3. The summed E-state index contributed by atoms with van der Waals surface area (Å²) < 4.78 is 12.1. The predicted octanol–water partition coefficient (Wildman–Crippen LogP) is 5.31. The van der Waals surface area contributed by atoms with Gasteiger partial charge in [0.2, 0.25) is 5.16 Å². The van der Waals surface area contributed by atoms with Crippen molar-refractivity contribution in [3.63, 3.8) is 0 Å². The van der Waals surface area contributed by atoms with Gasteiger partial charge in [0.15, 0.2) is 9.59 Å². The summed E-state index contributed by atoms with van der Waals surface area (Å²) in [6.07, 6.45) is 1.41. The molecule has 0 aliphatic rings. The average Bonchev–Trinajstić information content (AvgIpc) is 3.21. The van der Waals surface area contributed by atoms with E-state index in [1.807, 2.05) is 22.6 Å². The van der Waals surface area contributed by atoms with E-state index in [9.17, 15) is 9.90 Å². The molecule has 11 heteroatoms. The minimum absolute atomic E-state index is 0.0104. The van der Waals surface area contributed by atoms with Crippen LogP contribution in [0, 0.1) is 3.77 Å². The number of carboxylic acid groups (broad SMARTS) is 1. The molecule has 2 heterocycles. The van der Waals surface area contributed by atoms with Crippen LogP contribution in [-0.4, -0.2) is 33.4 Å². The van der Waals surface area contributed by atoms with E-state index in [2.05, 4.69) is 31.1 Å². The molecular weight excluding hydrogens is 573 g/mol. The Morgan fingerprint density at radius 1 is 1.48 bits per heavy atom. The number of carbonyl (C=O) groups is 1. The second-order valence-corrected chi connectivity index (χ2v) is 8.28. The Balaban J connectivity index is 1.89. The fraction of sp³-hybridized carbons (Fsp3) is 0.0625. The zero-order valence-corrected chi connectivity index (χ0v) is 18.8. The number of aromatic nitrogens is 3. The third-order valence-corrected chi connectivity index (χ3v) is 6.48. The Morgan fingerprint density at radius 3 is 2.89 bits per heavy atom. The fourth-order valence-electron chi connectivity index (χ4n) is 2.07. The molecular formula is C16H10BrClIN3O4S. The van der Waals surface area contributed by atoms with E-state index in [-0.39, 0.29) is 10.1 Å². The quantitative estimate of drug-likeness (QED) is 0.231.